The Hall–Kier alpha value is -2.07. The van der Waals surface area contributed by atoms with Gasteiger partial charge in [0.15, 0.2) is 0 Å². The van der Waals surface area contributed by atoms with Crippen molar-refractivity contribution in [3.63, 3.8) is 0 Å². The van der Waals surface area contributed by atoms with E-state index in [0.29, 0.717) is 6.54 Å². The van der Waals surface area contributed by atoms with Crippen molar-refractivity contribution in [3.05, 3.63) is 58.3 Å². The predicted octanol–water partition coefficient (Wildman–Crippen LogP) is 3.69. The average Bonchev–Trinajstić information content (AvgIpc) is 3.09. The van der Waals surface area contributed by atoms with Gasteiger partial charge in [-0.25, -0.2) is 0 Å². The third kappa shape index (κ3) is 3.00. The van der Waals surface area contributed by atoms with Gasteiger partial charge in [-0.15, -0.1) is 11.3 Å². The molecule has 2 heterocycles. The fraction of sp³-hybridized carbons (Fsp3) is 0.235. The summed E-state index contributed by atoms with van der Waals surface area (Å²) in [7, 11) is 1.67. The molecule has 0 atom stereocenters. The lowest BCUT2D eigenvalue weighted by molar-refractivity contribution is 0.0777. The van der Waals surface area contributed by atoms with Crippen molar-refractivity contribution in [2.24, 2.45) is 0 Å². The minimum atomic E-state index is 0.134. The summed E-state index contributed by atoms with van der Waals surface area (Å²) in [5, 5.41) is 1.94. The Kier molecular flexibility index (Phi) is 4.06. The molecule has 0 saturated heterocycles. The Morgan fingerprint density at radius 2 is 2.05 bits per heavy atom. The van der Waals surface area contributed by atoms with Crippen LogP contribution in [0.4, 0.5) is 0 Å². The topological polar surface area (TPSA) is 29.5 Å². The van der Waals surface area contributed by atoms with E-state index < -0.39 is 0 Å². The number of hydrogen-bond acceptors (Lipinski definition) is 3. The molecule has 3 nitrogen and oxygen atoms in total. The van der Waals surface area contributed by atoms with Crippen LogP contribution < -0.4 is 4.74 Å². The number of carbonyl (C=O) groups is 1. The molecule has 1 aromatic heterocycles. The van der Waals surface area contributed by atoms with Gasteiger partial charge in [0.05, 0.1) is 12.0 Å². The summed E-state index contributed by atoms with van der Waals surface area (Å²) in [6, 6.07) is 11.9. The van der Waals surface area contributed by atoms with Gasteiger partial charge < -0.3 is 9.64 Å². The third-order valence-corrected chi connectivity index (χ3v) is 4.55. The first kappa shape index (κ1) is 13.9. The monoisotopic (exact) mass is 299 g/mol. The summed E-state index contributed by atoms with van der Waals surface area (Å²) in [6.45, 7) is 1.45. The highest BCUT2D eigenvalue weighted by Crippen LogP contribution is 2.25. The van der Waals surface area contributed by atoms with Crippen LogP contribution in [-0.2, 0) is 0 Å². The van der Waals surface area contributed by atoms with Crippen LogP contribution in [0.3, 0.4) is 0 Å². The minimum Gasteiger partial charge on any atom is -0.497 e. The molecule has 21 heavy (non-hydrogen) atoms. The Labute approximate surface area is 128 Å². The minimum absolute atomic E-state index is 0.134. The van der Waals surface area contributed by atoms with Crippen molar-refractivity contribution in [1.29, 1.82) is 0 Å². The van der Waals surface area contributed by atoms with Crippen LogP contribution in [-0.4, -0.2) is 31.0 Å². The second-order valence-corrected chi connectivity index (χ2v) is 5.88. The van der Waals surface area contributed by atoms with Gasteiger partial charge in [0.2, 0.25) is 0 Å². The maximum absolute atomic E-state index is 12.3. The molecule has 1 aliphatic rings. The van der Waals surface area contributed by atoms with E-state index in [1.54, 1.807) is 7.11 Å². The fourth-order valence-corrected chi connectivity index (χ4v) is 3.17. The predicted molar refractivity (Wildman–Crippen MR) is 85.8 cm³/mol. The molecule has 0 bridgehead atoms. The zero-order chi connectivity index (χ0) is 14.7. The summed E-state index contributed by atoms with van der Waals surface area (Å²) >= 11 is 1.50. The molecule has 1 amide bonds. The summed E-state index contributed by atoms with van der Waals surface area (Å²) in [6.07, 6.45) is 3.04. The Morgan fingerprint density at radius 1 is 1.24 bits per heavy atom. The largest absolute Gasteiger partial charge is 0.497 e. The van der Waals surface area contributed by atoms with Crippen LogP contribution in [0.15, 0.2) is 47.9 Å². The van der Waals surface area contributed by atoms with Crippen molar-refractivity contribution in [3.8, 4) is 5.75 Å². The number of nitrogens with zero attached hydrogens (tertiary/aromatic N) is 1. The summed E-state index contributed by atoms with van der Waals surface area (Å²) in [4.78, 5) is 15.0. The van der Waals surface area contributed by atoms with Crippen molar-refractivity contribution in [2.45, 2.75) is 6.42 Å². The second kappa shape index (κ2) is 6.14. The van der Waals surface area contributed by atoms with E-state index in [2.05, 4.69) is 18.2 Å². The fourth-order valence-electron chi connectivity index (χ4n) is 2.48. The van der Waals surface area contributed by atoms with E-state index in [0.717, 1.165) is 23.6 Å². The van der Waals surface area contributed by atoms with Gasteiger partial charge in [-0.2, -0.15) is 0 Å². The van der Waals surface area contributed by atoms with Crippen molar-refractivity contribution in [2.75, 3.05) is 20.2 Å². The number of amides is 1. The molecule has 3 rings (SSSR count). The summed E-state index contributed by atoms with van der Waals surface area (Å²) in [5.41, 5.74) is 2.51. The molecule has 0 saturated carbocycles. The SMILES string of the molecule is COc1ccc(C2=CCN(C(=O)c3cccs3)CC2)cc1. The number of ether oxygens (including phenoxy) is 1. The smallest absolute Gasteiger partial charge is 0.264 e. The molecule has 0 spiro atoms. The van der Waals surface area contributed by atoms with Crippen molar-refractivity contribution >= 4 is 22.8 Å². The summed E-state index contributed by atoms with van der Waals surface area (Å²) < 4.78 is 5.18. The van der Waals surface area contributed by atoms with Gasteiger partial charge >= 0.3 is 0 Å². The standard InChI is InChI=1S/C17H17NO2S/c1-20-15-6-4-13(5-7-15)14-8-10-18(11-9-14)17(19)16-3-2-12-21-16/h2-8,12H,9-11H2,1H3. The van der Waals surface area contributed by atoms with Crippen molar-refractivity contribution in [1.82, 2.24) is 4.90 Å². The zero-order valence-corrected chi connectivity index (χ0v) is 12.7. The Balaban J connectivity index is 1.70. The lowest BCUT2D eigenvalue weighted by atomic mass is 9.99. The zero-order valence-electron chi connectivity index (χ0n) is 11.9. The number of benzene rings is 1. The van der Waals surface area contributed by atoms with Crippen molar-refractivity contribution < 1.29 is 9.53 Å². The highest BCUT2D eigenvalue weighted by Gasteiger charge is 2.19. The van der Waals surface area contributed by atoms with Gasteiger partial charge in [-0.05, 0) is 41.1 Å². The first-order valence-electron chi connectivity index (χ1n) is 6.94. The molecule has 0 unspecified atom stereocenters. The van der Waals surface area contributed by atoms with Crippen LogP contribution in [0.5, 0.6) is 5.75 Å². The lowest BCUT2D eigenvalue weighted by Gasteiger charge is -2.26. The first-order valence-corrected chi connectivity index (χ1v) is 7.82. The molecule has 0 aliphatic carbocycles. The number of hydrogen-bond donors (Lipinski definition) is 0. The van der Waals surface area contributed by atoms with E-state index in [1.807, 2.05) is 34.5 Å². The maximum atomic E-state index is 12.3. The van der Waals surface area contributed by atoms with Crippen LogP contribution >= 0.6 is 11.3 Å². The number of carbonyl (C=O) groups excluding carboxylic acids is 1. The highest BCUT2D eigenvalue weighted by atomic mass is 32.1. The normalized spacial score (nSPS) is 14.7. The summed E-state index contributed by atoms with van der Waals surface area (Å²) in [5.74, 6) is 1.000. The molecule has 2 aromatic rings. The van der Waals surface area contributed by atoms with E-state index in [9.17, 15) is 4.79 Å². The van der Waals surface area contributed by atoms with Gasteiger partial charge in [0.1, 0.15) is 5.75 Å². The molecule has 108 valence electrons. The third-order valence-electron chi connectivity index (χ3n) is 3.69. The molecule has 0 N–H and O–H groups in total. The molecule has 4 heteroatoms. The average molecular weight is 299 g/mol. The molecule has 1 aliphatic heterocycles. The van der Waals surface area contributed by atoms with Crippen LogP contribution in [0.1, 0.15) is 21.7 Å². The number of thiophene rings is 1. The quantitative estimate of drug-likeness (QED) is 0.865. The van der Waals surface area contributed by atoms with E-state index in [-0.39, 0.29) is 5.91 Å². The molecular formula is C17H17NO2S. The van der Waals surface area contributed by atoms with Gasteiger partial charge in [0.25, 0.3) is 5.91 Å². The van der Waals surface area contributed by atoms with Gasteiger partial charge in [-0.3, -0.25) is 4.79 Å². The molecule has 0 radical (unpaired) electrons. The maximum Gasteiger partial charge on any atom is 0.264 e. The highest BCUT2D eigenvalue weighted by molar-refractivity contribution is 7.12. The van der Waals surface area contributed by atoms with E-state index in [1.165, 1.54) is 22.5 Å². The van der Waals surface area contributed by atoms with Gasteiger partial charge in [0, 0.05) is 13.1 Å². The lowest BCUT2D eigenvalue weighted by Crippen LogP contribution is -2.34. The number of rotatable bonds is 3. The molecule has 1 aromatic carbocycles. The second-order valence-electron chi connectivity index (χ2n) is 4.94. The Bertz CT molecular complexity index is 644. The Morgan fingerprint density at radius 3 is 2.62 bits per heavy atom. The molecular weight excluding hydrogens is 282 g/mol. The first-order chi connectivity index (χ1) is 10.3. The van der Waals surface area contributed by atoms with Crippen LogP contribution in [0.2, 0.25) is 0 Å². The van der Waals surface area contributed by atoms with E-state index >= 15 is 0 Å². The number of methoxy groups -OCH3 is 1. The molecule has 0 fully saturated rings. The van der Waals surface area contributed by atoms with E-state index in [4.69, 9.17) is 4.74 Å². The van der Waals surface area contributed by atoms with Gasteiger partial charge in [-0.1, -0.05) is 24.3 Å². The van der Waals surface area contributed by atoms with Crippen LogP contribution in [0, 0.1) is 0 Å². The van der Waals surface area contributed by atoms with Crippen LogP contribution in [0.25, 0.3) is 5.57 Å².